The number of nitrogens with zero attached hydrogens (tertiary/aromatic N) is 3. The summed E-state index contributed by atoms with van der Waals surface area (Å²) in [5, 5.41) is 13.9. The Hall–Kier alpha value is -2.83. The fourth-order valence-corrected chi connectivity index (χ4v) is 2.98. The first-order valence-electron chi connectivity index (χ1n) is 8.15. The van der Waals surface area contributed by atoms with Gasteiger partial charge in [0.2, 0.25) is 0 Å². The number of benzene rings is 2. The standard InChI is InChI=1S/C19H17Cl2N5O/c20-12-5-6-13(15(21)11-12)19-25-16-4-2-1-3-14(16)18(26-19)24-9-8-23-17(22)7-10-27/h1-7,10-11,27H,8-9H2,(H2,22,23)(H,24,25,26)/b10-7-. The highest BCUT2D eigenvalue weighted by atomic mass is 35.5. The quantitative estimate of drug-likeness (QED) is 0.245. The van der Waals surface area contributed by atoms with Gasteiger partial charge in [-0.25, -0.2) is 9.97 Å². The highest BCUT2D eigenvalue weighted by molar-refractivity contribution is 6.36. The lowest BCUT2D eigenvalue weighted by atomic mass is 10.2. The number of rotatable bonds is 6. The zero-order valence-corrected chi connectivity index (χ0v) is 15.7. The number of nitrogens with one attached hydrogen (secondary N) is 1. The molecule has 2 aromatic carbocycles. The van der Waals surface area contributed by atoms with Gasteiger partial charge in [-0.15, -0.1) is 0 Å². The van der Waals surface area contributed by atoms with Gasteiger partial charge in [0, 0.05) is 28.6 Å². The summed E-state index contributed by atoms with van der Waals surface area (Å²) < 4.78 is 0. The van der Waals surface area contributed by atoms with Gasteiger partial charge in [0.1, 0.15) is 11.7 Å². The number of hydrogen-bond donors (Lipinski definition) is 3. The van der Waals surface area contributed by atoms with Gasteiger partial charge < -0.3 is 16.2 Å². The zero-order chi connectivity index (χ0) is 19.2. The number of nitrogens with two attached hydrogens (primary N) is 1. The summed E-state index contributed by atoms with van der Waals surface area (Å²) >= 11 is 12.3. The molecule has 138 valence electrons. The molecule has 0 saturated carbocycles. The number of aliphatic imine (C=N–C) groups is 1. The van der Waals surface area contributed by atoms with Crippen LogP contribution < -0.4 is 11.1 Å². The number of amidine groups is 1. The van der Waals surface area contributed by atoms with Crippen LogP contribution in [0.3, 0.4) is 0 Å². The van der Waals surface area contributed by atoms with Crippen LogP contribution in [0.1, 0.15) is 0 Å². The van der Waals surface area contributed by atoms with Gasteiger partial charge in [-0.3, -0.25) is 4.99 Å². The minimum Gasteiger partial charge on any atom is -0.515 e. The largest absolute Gasteiger partial charge is 0.515 e. The van der Waals surface area contributed by atoms with E-state index >= 15 is 0 Å². The van der Waals surface area contributed by atoms with E-state index in [0.29, 0.717) is 40.3 Å². The molecule has 0 spiro atoms. The van der Waals surface area contributed by atoms with Crippen LogP contribution in [0.25, 0.3) is 22.3 Å². The lowest BCUT2D eigenvalue weighted by Gasteiger charge is -2.11. The summed E-state index contributed by atoms with van der Waals surface area (Å²) in [5.41, 5.74) is 7.10. The number of hydrogen-bond acceptors (Lipinski definition) is 5. The molecule has 8 heteroatoms. The second-order valence-electron chi connectivity index (χ2n) is 5.59. The molecule has 0 atom stereocenters. The van der Waals surface area contributed by atoms with E-state index in [1.54, 1.807) is 18.2 Å². The predicted molar refractivity (Wildman–Crippen MR) is 112 cm³/mol. The summed E-state index contributed by atoms with van der Waals surface area (Å²) in [7, 11) is 0. The van der Waals surface area contributed by atoms with Crippen molar-refractivity contribution in [1.29, 1.82) is 0 Å². The number of aliphatic hydroxyl groups is 1. The van der Waals surface area contributed by atoms with Crippen molar-refractivity contribution >= 4 is 45.8 Å². The molecular weight excluding hydrogens is 385 g/mol. The number of fused-ring (bicyclic) bond motifs is 1. The van der Waals surface area contributed by atoms with E-state index in [4.69, 9.17) is 34.0 Å². The lowest BCUT2D eigenvalue weighted by molar-refractivity contribution is 0.474. The van der Waals surface area contributed by atoms with Crippen molar-refractivity contribution in [2.24, 2.45) is 10.7 Å². The van der Waals surface area contributed by atoms with Crippen LogP contribution >= 0.6 is 23.2 Å². The molecule has 0 amide bonds. The van der Waals surface area contributed by atoms with Crippen LogP contribution in [0.15, 0.2) is 59.8 Å². The minimum atomic E-state index is 0.250. The Labute approximate surface area is 166 Å². The van der Waals surface area contributed by atoms with Crippen LogP contribution in [-0.4, -0.2) is 34.0 Å². The normalized spacial score (nSPS) is 12.0. The van der Waals surface area contributed by atoms with Crippen LogP contribution in [0.2, 0.25) is 10.0 Å². The Morgan fingerprint density at radius 1 is 1.19 bits per heavy atom. The second kappa shape index (κ2) is 8.70. The van der Waals surface area contributed by atoms with E-state index < -0.39 is 0 Å². The Kier molecular flexibility index (Phi) is 6.11. The van der Waals surface area contributed by atoms with Crippen molar-refractivity contribution in [1.82, 2.24) is 9.97 Å². The molecule has 0 unspecified atom stereocenters. The van der Waals surface area contributed by atoms with Crippen molar-refractivity contribution in [3.05, 3.63) is 64.8 Å². The summed E-state index contributed by atoms with van der Waals surface area (Å²) in [4.78, 5) is 13.4. The molecule has 1 aromatic heterocycles. The third kappa shape index (κ3) is 4.67. The Morgan fingerprint density at radius 2 is 2.00 bits per heavy atom. The fraction of sp³-hybridized carbons (Fsp3) is 0.105. The van der Waals surface area contributed by atoms with Gasteiger partial charge in [0.15, 0.2) is 5.82 Å². The Bertz CT molecular complexity index is 1020. The van der Waals surface area contributed by atoms with Gasteiger partial charge in [-0.2, -0.15) is 0 Å². The molecule has 0 saturated heterocycles. The molecular formula is C19H17Cl2N5O. The molecule has 0 fully saturated rings. The average molecular weight is 402 g/mol. The monoisotopic (exact) mass is 401 g/mol. The van der Waals surface area contributed by atoms with Gasteiger partial charge in [-0.1, -0.05) is 35.3 Å². The molecule has 27 heavy (non-hydrogen) atoms. The van der Waals surface area contributed by atoms with E-state index in [1.165, 1.54) is 6.08 Å². The summed E-state index contributed by atoms with van der Waals surface area (Å²) in [6.07, 6.45) is 2.17. The van der Waals surface area contributed by atoms with E-state index in [1.807, 2.05) is 24.3 Å². The number of aromatic nitrogens is 2. The molecule has 3 aromatic rings. The Balaban J connectivity index is 1.93. The second-order valence-corrected chi connectivity index (χ2v) is 6.43. The number of halogens is 2. The van der Waals surface area contributed by atoms with Gasteiger partial charge >= 0.3 is 0 Å². The van der Waals surface area contributed by atoms with Crippen LogP contribution in [0, 0.1) is 0 Å². The predicted octanol–water partition coefficient (Wildman–Crippen LogP) is 4.44. The van der Waals surface area contributed by atoms with E-state index in [-0.39, 0.29) is 5.84 Å². The number of para-hydroxylation sites is 1. The number of anilines is 1. The van der Waals surface area contributed by atoms with Crippen LogP contribution in [0.5, 0.6) is 0 Å². The van der Waals surface area contributed by atoms with E-state index in [9.17, 15) is 0 Å². The van der Waals surface area contributed by atoms with Crippen LogP contribution in [-0.2, 0) is 0 Å². The van der Waals surface area contributed by atoms with Gasteiger partial charge in [0.25, 0.3) is 0 Å². The molecule has 0 bridgehead atoms. The topological polar surface area (TPSA) is 96.4 Å². The van der Waals surface area contributed by atoms with Crippen molar-refractivity contribution in [2.75, 3.05) is 18.4 Å². The fourth-order valence-electron chi connectivity index (χ4n) is 2.49. The number of aliphatic hydroxyl groups excluding tert-OH is 1. The van der Waals surface area contributed by atoms with Gasteiger partial charge in [0.05, 0.1) is 23.3 Å². The molecule has 0 radical (unpaired) electrons. The van der Waals surface area contributed by atoms with Gasteiger partial charge in [-0.05, 0) is 30.3 Å². The summed E-state index contributed by atoms with van der Waals surface area (Å²) in [6.45, 7) is 0.931. The van der Waals surface area contributed by atoms with Crippen molar-refractivity contribution in [3.63, 3.8) is 0 Å². The first-order valence-corrected chi connectivity index (χ1v) is 8.91. The molecule has 0 aliphatic heterocycles. The molecule has 0 aliphatic rings. The molecule has 4 N–H and O–H groups in total. The lowest BCUT2D eigenvalue weighted by Crippen LogP contribution is -2.13. The van der Waals surface area contributed by atoms with E-state index in [2.05, 4.69) is 20.3 Å². The molecule has 3 rings (SSSR count). The summed E-state index contributed by atoms with van der Waals surface area (Å²) in [6, 6.07) is 12.9. The maximum absolute atomic E-state index is 8.67. The van der Waals surface area contributed by atoms with Crippen molar-refractivity contribution in [2.45, 2.75) is 0 Å². The highest BCUT2D eigenvalue weighted by Crippen LogP contribution is 2.31. The molecule has 0 aliphatic carbocycles. The first-order chi connectivity index (χ1) is 13.1. The minimum absolute atomic E-state index is 0.250. The molecule has 6 nitrogen and oxygen atoms in total. The first kappa shape index (κ1) is 18.9. The smallest absolute Gasteiger partial charge is 0.163 e. The SMILES string of the molecule is NC(/C=C\O)=NCCNc1nc(-c2ccc(Cl)cc2Cl)nc2ccccc12. The third-order valence-corrected chi connectivity index (χ3v) is 4.27. The van der Waals surface area contributed by atoms with Crippen LogP contribution in [0.4, 0.5) is 5.82 Å². The molecule has 1 heterocycles. The zero-order valence-electron chi connectivity index (χ0n) is 14.2. The maximum Gasteiger partial charge on any atom is 0.163 e. The van der Waals surface area contributed by atoms with Crippen molar-refractivity contribution < 1.29 is 5.11 Å². The average Bonchev–Trinajstić information content (AvgIpc) is 2.65. The summed E-state index contributed by atoms with van der Waals surface area (Å²) in [5.74, 6) is 1.43. The Morgan fingerprint density at radius 3 is 2.78 bits per heavy atom. The maximum atomic E-state index is 8.67. The third-order valence-electron chi connectivity index (χ3n) is 3.72. The highest BCUT2D eigenvalue weighted by Gasteiger charge is 2.12. The van der Waals surface area contributed by atoms with E-state index in [0.717, 1.165) is 17.2 Å². The van der Waals surface area contributed by atoms with Crippen molar-refractivity contribution in [3.8, 4) is 11.4 Å².